The minimum Gasteiger partial charge on any atom is -0.361 e. The van der Waals surface area contributed by atoms with Crippen molar-refractivity contribution in [3.63, 3.8) is 0 Å². The van der Waals surface area contributed by atoms with Crippen molar-refractivity contribution in [3.8, 4) is 0 Å². The summed E-state index contributed by atoms with van der Waals surface area (Å²) < 4.78 is 1.00. The van der Waals surface area contributed by atoms with Crippen molar-refractivity contribution in [2.24, 2.45) is 5.92 Å². The van der Waals surface area contributed by atoms with Crippen LogP contribution in [0, 0.1) is 19.8 Å². The lowest BCUT2D eigenvalue weighted by Gasteiger charge is -2.16. The van der Waals surface area contributed by atoms with Crippen LogP contribution >= 0.6 is 15.9 Å². The number of hydrogen-bond donors (Lipinski definition) is 2. The number of fused-ring (bicyclic) bond motifs is 1. The molecule has 5 nitrogen and oxygen atoms in total. The highest BCUT2D eigenvalue weighted by Gasteiger charge is 2.34. The zero-order chi connectivity index (χ0) is 20.5. The maximum atomic E-state index is 12.6. The molecule has 1 atom stereocenters. The second kappa shape index (κ2) is 8.03. The summed E-state index contributed by atoms with van der Waals surface area (Å²) in [5, 5.41) is 4.15. The van der Waals surface area contributed by atoms with Gasteiger partial charge in [-0.1, -0.05) is 27.6 Å². The number of hydrogen-bond acceptors (Lipinski definition) is 2. The maximum Gasteiger partial charge on any atom is 0.229 e. The standard InChI is InChI=1S/C23H24BrN3O2/c1-14-3-6-21-19(9-14)16(12-25-21)7-8-27-13-17(11-22(27)28)23(29)26-18-4-5-20(24)15(2)10-18/h3-6,9-10,12,17,25H,7-8,11,13H2,1-2H3,(H,26,29). The van der Waals surface area contributed by atoms with Gasteiger partial charge in [0, 0.05) is 46.8 Å². The zero-order valence-corrected chi connectivity index (χ0v) is 18.2. The summed E-state index contributed by atoms with van der Waals surface area (Å²) >= 11 is 3.46. The average molecular weight is 454 g/mol. The molecule has 1 fully saturated rings. The van der Waals surface area contributed by atoms with Crippen LogP contribution in [-0.4, -0.2) is 34.8 Å². The quantitative estimate of drug-likeness (QED) is 0.593. The Morgan fingerprint density at radius 3 is 2.86 bits per heavy atom. The molecule has 3 aromatic rings. The Balaban J connectivity index is 1.37. The van der Waals surface area contributed by atoms with E-state index < -0.39 is 0 Å². The van der Waals surface area contributed by atoms with Crippen molar-refractivity contribution >= 4 is 44.3 Å². The highest BCUT2D eigenvalue weighted by molar-refractivity contribution is 9.10. The van der Waals surface area contributed by atoms with Gasteiger partial charge in [0.05, 0.1) is 5.92 Å². The largest absolute Gasteiger partial charge is 0.361 e. The molecule has 2 amide bonds. The lowest BCUT2D eigenvalue weighted by atomic mass is 10.1. The molecule has 2 aromatic carbocycles. The highest BCUT2D eigenvalue weighted by atomic mass is 79.9. The van der Waals surface area contributed by atoms with Crippen molar-refractivity contribution in [2.45, 2.75) is 26.7 Å². The van der Waals surface area contributed by atoms with Crippen LogP contribution in [-0.2, 0) is 16.0 Å². The third kappa shape index (κ3) is 4.22. The minimum absolute atomic E-state index is 0.0492. The Kier molecular flexibility index (Phi) is 5.46. The Bertz CT molecular complexity index is 1090. The number of carbonyl (C=O) groups is 2. The third-order valence-corrected chi connectivity index (χ3v) is 6.47. The number of likely N-dealkylation sites (tertiary alicyclic amines) is 1. The molecule has 29 heavy (non-hydrogen) atoms. The van der Waals surface area contributed by atoms with Gasteiger partial charge >= 0.3 is 0 Å². The van der Waals surface area contributed by atoms with E-state index in [1.807, 2.05) is 36.2 Å². The molecule has 1 unspecified atom stereocenters. The van der Waals surface area contributed by atoms with Gasteiger partial charge in [-0.2, -0.15) is 0 Å². The van der Waals surface area contributed by atoms with Crippen LogP contribution in [0.5, 0.6) is 0 Å². The summed E-state index contributed by atoms with van der Waals surface area (Å²) in [5.41, 5.74) is 5.35. The fourth-order valence-corrected chi connectivity index (χ4v) is 4.13. The average Bonchev–Trinajstić information content (AvgIpc) is 3.26. The number of amides is 2. The molecular formula is C23H24BrN3O2. The van der Waals surface area contributed by atoms with Gasteiger partial charge in [0.2, 0.25) is 11.8 Å². The molecule has 0 saturated carbocycles. The van der Waals surface area contributed by atoms with Crippen molar-refractivity contribution in [1.82, 2.24) is 9.88 Å². The van der Waals surface area contributed by atoms with E-state index in [4.69, 9.17) is 0 Å². The molecule has 0 aliphatic carbocycles. The Hall–Kier alpha value is -2.60. The smallest absolute Gasteiger partial charge is 0.229 e. The number of aromatic amines is 1. The van der Waals surface area contributed by atoms with E-state index >= 15 is 0 Å². The molecule has 0 bridgehead atoms. The molecule has 1 saturated heterocycles. The fourth-order valence-electron chi connectivity index (χ4n) is 3.89. The first-order chi connectivity index (χ1) is 13.9. The zero-order valence-electron chi connectivity index (χ0n) is 16.6. The van der Waals surface area contributed by atoms with E-state index in [0.717, 1.165) is 27.7 Å². The van der Waals surface area contributed by atoms with Gasteiger partial charge in [-0.25, -0.2) is 0 Å². The molecule has 0 spiro atoms. The van der Waals surface area contributed by atoms with Crippen LogP contribution in [0.1, 0.15) is 23.1 Å². The number of carbonyl (C=O) groups excluding carboxylic acids is 2. The summed E-state index contributed by atoms with van der Waals surface area (Å²) in [4.78, 5) is 30.2. The number of benzene rings is 2. The fraction of sp³-hybridized carbons (Fsp3) is 0.304. The maximum absolute atomic E-state index is 12.6. The number of aryl methyl sites for hydroxylation is 2. The first kappa shape index (κ1) is 19.7. The Morgan fingerprint density at radius 1 is 1.24 bits per heavy atom. The predicted octanol–water partition coefficient (Wildman–Crippen LogP) is 4.58. The van der Waals surface area contributed by atoms with Gasteiger partial charge in [-0.05, 0) is 61.7 Å². The van der Waals surface area contributed by atoms with Gasteiger partial charge in [-0.3, -0.25) is 9.59 Å². The molecule has 2 heterocycles. The first-order valence-electron chi connectivity index (χ1n) is 9.82. The topological polar surface area (TPSA) is 65.2 Å². The molecule has 0 radical (unpaired) electrons. The van der Waals surface area contributed by atoms with Crippen LogP contribution in [0.25, 0.3) is 10.9 Å². The van der Waals surface area contributed by atoms with Crippen molar-refractivity contribution < 1.29 is 9.59 Å². The van der Waals surface area contributed by atoms with Gasteiger partial charge < -0.3 is 15.2 Å². The lowest BCUT2D eigenvalue weighted by Crippen LogP contribution is -2.30. The molecule has 1 aromatic heterocycles. The minimum atomic E-state index is -0.309. The van der Waals surface area contributed by atoms with Crippen LogP contribution < -0.4 is 5.32 Å². The first-order valence-corrected chi connectivity index (χ1v) is 10.6. The number of aromatic nitrogens is 1. The van der Waals surface area contributed by atoms with Gasteiger partial charge in [0.1, 0.15) is 0 Å². The number of H-pyrrole nitrogens is 1. The number of rotatable bonds is 5. The second-order valence-electron chi connectivity index (χ2n) is 7.81. The summed E-state index contributed by atoms with van der Waals surface area (Å²) in [7, 11) is 0. The number of nitrogens with one attached hydrogen (secondary N) is 2. The monoisotopic (exact) mass is 453 g/mol. The second-order valence-corrected chi connectivity index (χ2v) is 8.66. The lowest BCUT2D eigenvalue weighted by molar-refractivity contribution is -0.128. The molecule has 1 aliphatic heterocycles. The molecular weight excluding hydrogens is 430 g/mol. The molecule has 6 heteroatoms. The van der Waals surface area contributed by atoms with Gasteiger partial charge in [0.25, 0.3) is 0 Å². The van der Waals surface area contributed by atoms with E-state index in [-0.39, 0.29) is 24.2 Å². The van der Waals surface area contributed by atoms with Crippen molar-refractivity contribution in [1.29, 1.82) is 0 Å². The van der Waals surface area contributed by atoms with E-state index in [0.29, 0.717) is 13.1 Å². The van der Waals surface area contributed by atoms with Crippen LogP contribution in [0.3, 0.4) is 0 Å². The predicted molar refractivity (Wildman–Crippen MR) is 119 cm³/mol. The van der Waals surface area contributed by atoms with Crippen LogP contribution in [0.2, 0.25) is 0 Å². The third-order valence-electron chi connectivity index (χ3n) is 5.58. The summed E-state index contributed by atoms with van der Waals surface area (Å²) in [5.74, 6) is -0.352. The molecule has 4 rings (SSSR count). The van der Waals surface area contributed by atoms with Gasteiger partial charge in [0.15, 0.2) is 0 Å². The van der Waals surface area contributed by atoms with Crippen LogP contribution in [0.15, 0.2) is 47.1 Å². The van der Waals surface area contributed by atoms with E-state index in [2.05, 4.69) is 51.4 Å². The Morgan fingerprint density at radius 2 is 2.07 bits per heavy atom. The molecule has 150 valence electrons. The highest BCUT2D eigenvalue weighted by Crippen LogP contribution is 2.25. The SMILES string of the molecule is Cc1ccc2[nH]cc(CCN3CC(C(=O)Nc4ccc(Br)c(C)c4)CC3=O)c2c1. The van der Waals surface area contributed by atoms with Crippen LogP contribution in [0.4, 0.5) is 5.69 Å². The van der Waals surface area contributed by atoms with Gasteiger partial charge in [-0.15, -0.1) is 0 Å². The van der Waals surface area contributed by atoms with E-state index in [1.165, 1.54) is 16.5 Å². The van der Waals surface area contributed by atoms with E-state index in [9.17, 15) is 9.59 Å². The molecule has 1 aliphatic rings. The van der Waals surface area contributed by atoms with Crippen molar-refractivity contribution in [3.05, 3.63) is 63.8 Å². The summed E-state index contributed by atoms with van der Waals surface area (Å²) in [6, 6.07) is 12.0. The summed E-state index contributed by atoms with van der Waals surface area (Å²) in [6.07, 6.45) is 3.06. The molecule has 2 N–H and O–H groups in total. The Labute approximate surface area is 178 Å². The number of anilines is 1. The van der Waals surface area contributed by atoms with E-state index in [1.54, 1.807) is 0 Å². The van der Waals surface area contributed by atoms with Crippen molar-refractivity contribution in [2.75, 3.05) is 18.4 Å². The summed E-state index contributed by atoms with van der Waals surface area (Å²) in [6.45, 7) is 5.16. The number of halogens is 1. The number of nitrogens with zero attached hydrogens (tertiary/aromatic N) is 1. The normalized spacial score (nSPS) is 16.6.